The molecule has 0 heterocycles. The third kappa shape index (κ3) is 2.33. The smallest absolute Gasteiger partial charge is 0.122 e. The summed E-state index contributed by atoms with van der Waals surface area (Å²) in [5.74, 6) is 0. The molecule has 1 heteroatoms. The number of hydrogen-bond acceptors (Lipinski definition) is 0. The molecular formula is C11H15F. The Morgan fingerprint density at radius 2 is 2.42 bits per heavy atom. The topological polar surface area (TPSA) is 0 Å². The zero-order valence-corrected chi connectivity index (χ0v) is 7.68. The summed E-state index contributed by atoms with van der Waals surface area (Å²) in [6.45, 7) is 4.02. The van der Waals surface area contributed by atoms with E-state index in [4.69, 9.17) is 0 Å². The maximum atomic E-state index is 12.9. The van der Waals surface area contributed by atoms with E-state index in [0.717, 1.165) is 12.0 Å². The first-order chi connectivity index (χ1) is 5.74. The number of alkyl halides is 1. The lowest BCUT2D eigenvalue weighted by Crippen LogP contribution is -2.02. The minimum Gasteiger partial charge on any atom is -0.243 e. The summed E-state index contributed by atoms with van der Waals surface area (Å²) in [4.78, 5) is 0. The van der Waals surface area contributed by atoms with Crippen LogP contribution in [0.25, 0.3) is 0 Å². The highest BCUT2D eigenvalue weighted by Crippen LogP contribution is 2.23. The molecule has 0 nitrogen and oxygen atoms in total. The lowest BCUT2D eigenvalue weighted by molar-refractivity contribution is 0.398. The van der Waals surface area contributed by atoms with E-state index in [1.54, 1.807) is 6.08 Å². The lowest BCUT2D eigenvalue weighted by Gasteiger charge is -2.13. The Kier molecular flexibility index (Phi) is 3.27. The highest BCUT2D eigenvalue weighted by molar-refractivity contribution is 5.35. The molecule has 0 saturated carbocycles. The number of halogens is 1. The molecule has 0 saturated heterocycles. The minimum absolute atomic E-state index is 0.547. The Hall–Kier alpha value is -0.850. The molecule has 0 bridgehead atoms. The summed E-state index contributed by atoms with van der Waals surface area (Å²) in [7, 11) is 0. The van der Waals surface area contributed by atoms with E-state index in [9.17, 15) is 4.39 Å². The van der Waals surface area contributed by atoms with Crippen molar-refractivity contribution in [3.63, 3.8) is 0 Å². The van der Waals surface area contributed by atoms with Crippen molar-refractivity contribution < 1.29 is 4.39 Å². The van der Waals surface area contributed by atoms with Crippen LogP contribution < -0.4 is 0 Å². The quantitative estimate of drug-likeness (QED) is 0.550. The Labute approximate surface area is 73.5 Å². The van der Waals surface area contributed by atoms with Crippen molar-refractivity contribution in [1.82, 2.24) is 0 Å². The van der Waals surface area contributed by atoms with Crippen molar-refractivity contribution in [1.29, 1.82) is 0 Å². The van der Waals surface area contributed by atoms with E-state index < -0.39 is 6.17 Å². The fraction of sp³-hybridized carbons (Fsp3) is 0.455. The third-order valence-corrected chi connectivity index (χ3v) is 2.11. The van der Waals surface area contributed by atoms with Crippen LogP contribution in [0.15, 0.2) is 35.5 Å². The van der Waals surface area contributed by atoms with Crippen LogP contribution in [0, 0.1) is 0 Å². The molecule has 0 amide bonds. The van der Waals surface area contributed by atoms with Gasteiger partial charge >= 0.3 is 0 Å². The van der Waals surface area contributed by atoms with Crippen molar-refractivity contribution in [2.45, 2.75) is 32.9 Å². The minimum atomic E-state index is -0.769. The monoisotopic (exact) mass is 166 g/mol. The summed E-state index contributed by atoms with van der Waals surface area (Å²) in [6, 6.07) is 0. The summed E-state index contributed by atoms with van der Waals surface area (Å²) in [5, 5.41) is 0. The van der Waals surface area contributed by atoms with Gasteiger partial charge in [0.1, 0.15) is 6.17 Å². The van der Waals surface area contributed by atoms with Gasteiger partial charge in [-0.2, -0.15) is 0 Å². The van der Waals surface area contributed by atoms with Crippen LogP contribution in [-0.2, 0) is 0 Å². The number of allylic oxidation sites excluding steroid dienone is 6. The van der Waals surface area contributed by atoms with Crippen LogP contribution in [0.3, 0.4) is 0 Å². The predicted octanol–water partition coefficient (Wildman–Crippen LogP) is 3.57. The number of hydrogen-bond donors (Lipinski definition) is 0. The van der Waals surface area contributed by atoms with Crippen molar-refractivity contribution in [3.8, 4) is 0 Å². The second-order valence-corrected chi connectivity index (χ2v) is 3.10. The van der Waals surface area contributed by atoms with Gasteiger partial charge in [-0.25, -0.2) is 4.39 Å². The molecule has 0 N–H and O–H groups in total. The molecule has 0 aliphatic heterocycles. The molecule has 1 rings (SSSR count). The zero-order chi connectivity index (χ0) is 8.97. The van der Waals surface area contributed by atoms with E-state index in [0.29, 0.717) is 6.42 Å². The molecule has 0 fully saturated rings. The van der Waals surface area contributed by atoms with Gasteiger partial charge in [-0.15, -0.1) is 0 Å². The zero-order valence-electron chi connectivity index (χ0n) is 7.68. The van der Waals surface area contributed by atoms with Gasteiger partial charge in [-0.3, -0.25) is 0 Å². The summed E-state index contributed by atoms with van der Waals surface area (Å²) < 4.78 is 12.9. The summed E-state index contributed by atoms with van der Waals surface area (Å²) in [6.07, 6.45) is 8.40. The molecule has 1 aliphatic carbocycles. The van der Waals surface area contributed by atoms with Crippen LogP contribution >= 0.6 is 0 Å². The Balaban J connectivity index is 2.65. The van der Waals surface area contributed by atoms with Crippen LogP contribution in [-0.4, -0.2) is 6.17 Å². The molecule has 0 spiro atoms. The first kappa shape index (κ1) is 9.24. The van der Waals surface area contributed by atoms with Crippen molar-refractivity contribution in [2.24, 2.45) is 0 Å². The molecule has 0 aromatic heterocycles. The second-order valence-electron chi connectivity index (χ2n) is 3.10. The summed E-state index contributed by atoms with van der Waals surface area (Å²) >= 11 is 0. The predicted molar refractivity (Wildman–Crippen MR) is 50.8 cm³/mol. The molecule has 0 radical (unpaired) electrons. The summed E-state index contributed by atoms with van der Waals surface area (Å²) in [5.41, 5.74) is 2.36. The van der Waals surface area contributed by atoms with Gasteiger partial charge in [0.15, 0.2) is 0 Å². The Morgan fingerprint density at radius 1 is 1.67 bits per heavy atom. The van der Waals surface area contributed by atoms with Gasteiger partial charge in [0.25, 0.3) is 0 Å². The van der Waals surface area contributed by atoms with Gasteiger partial charge in [0.05, 0.1) is 0 Å². The maximum Gasteiger partial charge on any atom is 0.122 e. The van der Waals surface area contributed by atoms with E-state index in [-0.39, 0.29) is 0 Å². The third-order valence-electron chi connectivity index (χ3n) is 2.11. The molecule has 1 unspecified atom stereocenters. The molecular weight excluding hydrogens is 151 g/mol. The van der Waals surface area contributed by atoms with Crippen LogP contribution in [0.1, 0.15) is 26.7 Å². The average Bonchev–Trinajstić information content (AvgIpc) is 2.07. The molecule has 1 atom stereocenters. The molecule has 0 aromatic rings. The molecule has 66 valence electrons. The van der Waals surface area contributed by atoms with E-state index in [1.165, 1.54) is 5.57 Å². The van der Waals surface area contributed by atoms with E-state index in [1.807, 2.05) is 26.0 Å². The SMILES string of the molecule is C/C=C/CC1=CC(F)CC=C1C. The largest absolute Gasteiger partial charge is 0.243 e. The number of rotatable bonds is 2. The highest BCUT2D eigenvalue weighted by Gasteiger charge is 2.10. The van der Waals surface area contributed by atoms with Gasteiger partial charge in [-0.1, -0.05) is 23.8 Å². The van der Waals surface area contributed by atoms with E-state index in [2.05, 4.69) is 6.08 Å². The van der Waals surface area contributed by atoms with Gasteiger partial charge in [0, 0.05) is 6.42 Å². The Morgan fingerprint density at radius 3 is 3.08 bits per heavy atom. The first-order valence-corrected chi connectivity index (χ1v) is 4.37. The first-order valence-electron chi connectivity index (χ1n) is 4.37. The van der Waals surface area contributed by atoms with Gasteiger partial charge < -0.3 is 0 Å². The molecule has 1 aliphatic rings. The standard InChI is InChI=1S/C11H15F/c1-3-4-5-10-8-11(12)7-6-9(10)2/h3-4,6,8,11H,5,7H2,1-2H3/b4-3+. The van der Waals surface area contributed by atoms with Crippen molar-refractivity contribution >= 4 is 0 Å². The Bertz CT molecular complexity index is 233. The average molecular weight is 166 g/mol. The molecule has 12 heavy (non-hydrogen) atoms. The van der Waals surface area contributed by atoms with Crippen LogP contribution in [0.2, 0.25) is 0 Å². The highest BCUT2D eigenvalue weighted by atomic mass is 19.1. The fourth-order valence-electron chi connectivity index (χ4n) is 1.31. The van der Waals surface area contributed by atoms with Crippen LogP contribution in [0.5, 0.6) is 0 Å². The maximum absolute atomic E-state index is 12.9. The van der Waals surface area contributed by atoms with Gasteiger partial charge in [0.2, 0.25) is 0 Å². The van der Waals surface area contributed by atoms with Crippen molar-refractivity contribution in [3.05, 3.63) is 35.5 Å². The van der Waals surface area contributed by atoms with Crippen LogP contribution in [0.4, 0.5) is 4.39 Å². The fourth-order valence-corrected chi connectivity index (χ4v) is 1.31. The van der Waals surface area contributed by atoms with Gasteiger partial charge in [-0.05, 0) is 31.9 Å². The lowest BCUT2D eigenvalue weighted by atomic mass is 9.95. The van der Waals surface area contributed by atoms with Crippen molar-refractivity contribution in [2.75, 3.05) is 0 Å². The molecule has 0 aromatic carbocycles. The van der Waals surface area contributed by atoms with E-state index >= 15 is 0 Å². The second kappa shape index (κ2) is 4.24. The normalized spacial score (nSPS) is 24.1.